The third kappa shape index (κ3) is 1.95. The minimum atomic E-state index is -0.153. The van der Waals surface area contributed by atoms with E-state index >= 15 is 0 Å². The van der Waals surface area contributed by atoms with E-state index in [4.69, 9.17) is 10.2 Å². The molecule has 0 radical (unpaired) electrons. The smallest absolute Gasteiger partial charge is 0.295 e. The van der Waals surface area contributed by atoms with Crippen molar-refractivity contribution in [1.82, 2.24) is 4.98 Å². The normalized spacial score (nSPS) is 14.4. The van der Waals surface area contributed by atoms with Crippen molar-refractivity contribution < 1.29 is 9.21 Å². The Hall–Kier alpha value is -2.30. The molecule has 1 amide bonds. The van der Waals surface area contributed by atoms with Crippen LogP contribution in [0.4, 0.5) is 11.5 Å². The van der Waals surface area contributed by atoms with Gasteiger partial charge in [-0.05, 0) is 37.1 Å². The molecule has 1 fully saturated rings. The molecule has 18 heavy (non-hydrogen) atoms. The van der Waals surface area contributed by atoms with Gasteiger partial charge in [-0.1, -0.05) is 0 Å². The Morgan fingerprint density at radius 1 is 1.39 bits per heavy atom. The first-order chi connectivity index (χ1) is 8.75. The molecule has 0 bridgehead atoms. The summed E-state index contributed by atoms with van der Waals surface area (Å²) in [5, 5.41) is 0. The highest BCUT2D eigenvalue weighted by Gasteiger charge is 2.35. The molecule has 0 aromatic carbocycles. The number of nitrogen functional groups attached to an aromatic ring is 1. The third-order valence-electron chi connectivity index (χ3n) is 2.88. The van der Waals surface area contributed by atoms with Crippen molar-refractivity contribution in [2.75, 3.05) is 10.6 Å². The lowest BCUT2D eigenvalue weighted by molar-refractivity contribution is 0.0957. The molecule has 2 N–H and O–H groups in total. The van der Waals surface area contributed by atoms with Gasteiger partial charge in [0.1, 0.15) is 5.82 Å². The molecule has 3 rings (SSSR count). The fourth-order valence-corrected chi connectivity index (χ4v) is 1.85. The van der Waals surface area contributed by atoms with Crippen LogP contribution in [0.3, 0.4) is 0 Å². The standard InChI is InChI=1S/C13H13N3O2/c14-9-3-6-12(15-8-9)16(10-4-5-10)13(17)11-2-1-7-18-11/h1-3,6-8,10H,4-5,14H2. The van der Waals surface area contributed by atoms with Crippen LogP contribution in [0.1, 0.15) is 23.4 Å². The number of carbonyl (C=O) groups is 1. The zero-order valence-electron chi connectivity index (χ0n) is 9.74. The number of nitrogens with two attached hydrogens (primary N) is 1. The van der Waals surface area contributed by atoms with Gasteiger partial charge in [-0.3, -0.25) is 9.69 Å². The number of pyridine rings is 1. The molecule has 2 heterocycles. The maximum atomic E-state index is 12.3. The molecule has 92 valence electrons. The summed E-state index contributed by atoms with van der Waals surface area (Å²) in [5.41, 5.74) is 6.19. The van der Waals surface area contributed by atoms with Gasteiger partial charge in [-0.25, -0.2) is 4.98 Å². The summed E-state index contributed by atoms with van der Waals surface area (Å²) < 4.78 is 5.16. The second-order valence-corrected chi connectivity index (χ2v) is 4.33. The first kappa shape index (κ1) is 10.8. The van der Waals surface area contributed by atoms with Crippen LogP contribution in [-0.4, -0.2) is 16.9 Å². The van der Waals surface area contributed by atoms with E-state index in [2.05, 4.69) is 4.98 Å². The molecule has 1 aliphatic carbocycles. The van der Waals surface area contributed by atoms with Crippen LogP contribution in [0.2, 0.25) is 0 Å². The molecule has 0 aliphatic heterocycles. The van der Waals surface area contributed by atoms with Crippen LogP contribution in [-0.2, 0) is 0 Å². The fourth-order valence-electron chi connectivity index (χ4n) is 1.85. The molecular formula is C13H13N3O2. The summed E-state index contributed by atoms with van der Waals surface area (Å²) in [7, 11) is 0. The maximum Gasteiger partial charge on any atom is 0.295 e. The molecule has 5 heteroatoms. The van der Waals surface area contributed by atoms with Gasteiger partial charge in [0.15, 0.2) is 5.76 Å². The average molecular weight is 243 g/mol. The van der Waals surface area contributed by atoms with Crippen molar-refractivity contribution in [2.45, 2.75) is 18.9 Å². The highest BCUT2D eigenvalue weighted by molar-refractivity contribution is 6.04. The Morgan fingerprint density at radius 3 is 2.78 bits per heavy atom. The minimum absolute atomic E-state index is 0.153. The van der Waals surface area contributed by atoms with E-state index < -0.39 is 0 Å². The van der Waals surface area contributed by atoms with E-state index in [-0.39, 0.29) is 11.9 Å². The maximum absolute atomic E-state index is 12.3. The minimum Gasteiger partial charge on any atom is -0.459 e. The predicted molar refractivity (Wildman–Crippen MR) is 67.2 cm³/mol. The van der Waals surface area contributed by atoms with Crippen LogP contribution in [0.25, 0.3) is 0 Å². The number of rotatable bonds is 3. The molecule has 5 nitrogen and oxygen atoms in total. The summed E-state index contributed by atoms with van der Waals surface area (Å²) in [4.78, 5) is 18.2. The largest absolute Gasteiger partial charge is 0.459 e. The first-order valence-electron chi connectivity index (χ1n) is 5.84. The van der Waals surface area contributed by atoms with Gasteiger partial charge in [-0.15, -0.1) is 0 Å². The molecule has 0 spiro atoms. The number of anilines is 2. The van der Waals surface area contributed by atoms with Crippen LogP contribution in [0.5, 0.6) is 0 Å². The van der Waals surface area contributed by atoms with Crippen molar-refractivity contribution in [3.05, 3.63) is 42.5 Å². The van der Waals surface area contributed by atoms with Gasteiger partial charge < -0.3 is 10.2 Å². The Labute approximate surface area is 104 Å². The predicted octanol–water partition coefficient (Wildman–Crippen LogP) is 2.07. The molecule has 0 atom stereocenters. The van der Waals surface area contributed by atoms with E-state index in [1.54, 1.807) is 35.4 Å². The number of hydrogen-bond acceptors (Lipinski definition) is 4. The number of amides is 1. The molecule has 2 aromatic heterocycles. The summed E-state index contributed by atoms with van der Waals surface area (Å²) >= 11 is 0. The zero-order chi connectivity index (χ0) is 12.5. The Balaban J connectivity index is 1.93. The highest BCUT2D eigenvalue weighted by Crippen LogP contribution is 2.32. The van der Waals surface area contributed by atoms with Gasteiger partial charge >= 0.3 is 0 Å². The summed E-state index contributed by atoms with van der Waals surface area (Å²) in [5.74, 6) is 0.799. The fraction of sp³-hybridized carbons (Fsp3) is 0.231. The van der Waals surface area contributed by atoms with Crippen molar-refractivity contribution in [3.63, 3.8) is 0 Å². The molecule has 0 unspecified atom stereocenters. The Morgan fingerprint density at radius 2 is 2.22 bits per heavy atom. The molecular weight excluding hydrogens is 230 g/mol. The van der Waals surface area contributed by atoms with E-state index in [1.807, 2.05) is 0 Å². The van der Waals surface area contributed by atoms with Crippen molar-refractivity contribution in [1.29, 1.82) is 0 Å². The number of carbonyl (C=O) groups excluding carboxylic acids is 1. The molecule has 1 saturated carbocycles. The number of nitrogens with zero attached hydrogens (tertiary/aromatic N) is 2. The Kier molecular flexibility index (Phi) is 2.51. The van der Waals surface area contributed by atoms with Crippen LogP contribution in [0, 0.1) is 0 Å². The zero-order valence-corrected chi connectivity index (χ0v) is 9.74. The summed E-state index contributed by atoms with van der Waals surface area (Å²) in [6, 6.07) is 7.09. The van der Waals surface area contributed by atoms with Crippen LogP contribution >= 0.6 is 0 Å². The van der Waals surface area contributed by atoms with E-state index in [0.29, 0.717) is 17.3 Å². The molecule has 1 aliphatic rings. The topological polar surface area (TPSA) is 72.4 Å². The van der Waals surface area contributed by atoms with Gasteiger partial charge in [0.25, 0.3) is 5.91 Å². The monoisotopic (exact) mass is 243 g/mol. The van der Waals surface area contributed by atoms with E-state index in [9.17, 15) is 4.79 Å². The number of furan rings is 1. The quantitative estimate of drug-likeness (QED) is 0.895. The van der Waals surface area contributed by atoms with Gasteiger partial charge in [0.05, 0.1) is 18.1 Å². The third-order valence-corrected chi connectivity index (χ3v) is 2.88. The summed E-state index contributed by atoms with van der Waals surface area (Å²) in [6.45, 7) is 0. The van der Waals surface area contributed by atoms with Crippen LogP contribution < -0.4 is 10.6 Å². The second-order valence-electron chi connectivity index (χ2n) is 4.33. The lowest BCUT2D eigenvalue weighted by atomic mass is 10.3. The van der Waals surface area contributed by atoms with Crippen molar-refractivity contribution in [2.24, 2.45) is 0 Å². The van der Waals surface area contributed by atoms with Gasteiger partial charge in [0, 0.05) is 6.04 Å². The lowest BCUT2D eigenvalue weighted by Gasteiger charge is -2.20. The van der Waals surface area contributed by atoms with Gasteiger partial charge in [-0.2, -0.15) is 0 Å². The summed E-state index contributed by atoms with van der Waals surface area (Å²) in [6.07, 6.45) is 5.05. The average Bonchev–Trinajstić information content (AvgIpc) is 3.05. The van der Waals surface area contributed by atoms with Crippen molar-refractivity contribution >= 4 is 17.4 Å². The number of hydrogen-bond donors (Lipinski definition) is 1. The number of aromatic nitrogens is 1. The SMILES string of the molecule is Nc1ccc(N(C(=O)c2ccco2)C2CC2)nc1. The van der Waals surface area contributed by atoms with Gasteiger partial charge in [0.2, 0.25) is 0 Å². The lowest BCUT2D eigenvalue weighted by Crippen LogP contribution is -2.33. The first-order valence-corrected chi connectivity index (χ1v) is 5.84. The van der Waals surface area contributed by atoms with E-state index in [0.717, 1.165) is 12.8 Å². The second kappa shape index (κ2) is 4.18. The molecule has 2 aromatic rings. The highest BCUT2D eigenvalue weighted by atomic mass is 16.3. The van der Waals surface area contributed by atoms with Crippen LogP contribution in [0.15, 0.2) is 41.1 Å². The molecule has 0 saturated heterocycles. The Bertz CT molecular complexity index is 544. The van der Waals surface area contributed by atoms with E-state index in [1.165, 1.54) is 6.26 Å². The van der Waals surface area contributed by atoms with Crippen molar-refractivity contribution in [3.8, 4) is 0 Å².